The van der Waals surface area contributed by atoms with Gasteiger partial charge >= 0.3 is 17.1 Å². The van der Waals surface area contributed by atoms with Crippen LogP contribution in [0.4, 0.5) is 0 Å². The van der Waals surface area contributed by atoms with E-state index in [0.29, 0.717) is 0 Å². The molecule has 1 radical (unpaired) electrons. The zero-order chi connectivity index (χ0) is 0. The average Bonchev–Trinajstić information content (AvgIpc) is 0. The van der Waals surface area contributed by atoms with Gasteiger partial charge in [-0.05, 0) is 0 Å². The van der Waals surface area contributed by atoms with Crippen LogP contribution in [0.1, 0.15) is 0 Å². The van der Waals surface area contributed by atoms with Gasteiger partial charge in [0.25, 0.3) is 0 Å². The van der Waals surface area contributed by atoms with Crippen molar-refractivity contribution in [3.8, 4) is 0 Å². The van der Waals surface area contributed by atoms with Crippen LogP contribution in [0.15, 0.2) is 0 Å². The van der Waals surface area contributed by atoms with E-state index in [1.165, 1.54) is 0 Å². The minimum absolute atomic E-state index is 0. The van der Waals surface area contributed by atoms with E-state index in [1.807, 2.05) is 0 Å². The van der Waals surface area contributed by atoms with Gasteiger partial charge in [-0.15, -0.1) is 0 Å². The number of rotatable bonds is 0. The van der Waals surface area contributed by atoms with Crippen LogP contribution in [0.5, 0.6) is 0 Å². The summed E-state index contributed by atoms with van der Waals surface area (Å²) in [5.74, 6) is 0. The molecule has 0 N–H and O–H groups in total. The molecule has 0 aromatic heterocycles. The van der Waals surface area contributed by atoms with Crippen molar-refractivity contribution in [2.45, 2.75) is 0 Å². The molecule has 0 aliphatic heterocycles. The molecule has 6 heavy (non-hydrogen) atoms. The van der Waals surface area contributed by atoms with Gasteiger partial charge in [0.2, 0.25) is 0 Å². The van der Waals surface area contributed by atoms with E-state index in [4.69, 9.17) is 0 Å². The molecule has 0 bridgehead atoms. The van der Waals surface area contributed by atoms with Gasteiger partial charge in [-0.25, -0.2) is 0 Å². The van der Waals surface area contributed by atoms with Gasteiger partial charge in [0.05, 0.1) is 0 Å². The number of hydrogen-bond donors (Lipinski definition) is 0. The summed E-state index contributed by atoms with van der Waals surface area (Å²) in [6.45, 7) is 0. The van der Waals surface area contributed by atoms with Crippen LogP contribution in [0.3, 0.4) is 0 Å². The first kappa shape index (κ1) is 736. The van der Waals surface area contributed by atoms with Crippen molar-refractivity contribution in [1.82, 2.24) is 0 Å². The van der Waals surface area contributed by atoms with E-state index in [0.717, 1.165) is 0 Å². The van der Waals surface area contributed by atoms with Crippen molar-refractivity contribution in [1.29, 1.82) is 0 Å². The molecule has 0 fully saturated rings. The molecular formula is C5H15Fe. The van der Waals surface area contributed by atoms with Crippen LogP contribution in [0.2, 0.25) is 0 Å². The summed E-state index contributed by atoms with van der Waals surface area (Å²) in [6.07, 6.45) is 0. The van der Waals surface area contributed by atoms with Crippen LogP contribution in [-0.2, 0) is 17.1 Å². The maximum atomic E-state index is 0. The molecule has 0 saturated carbocycles. The molecular weight excluding hydrogens is 116 g/mol. The quantitative estimate of drug-likeness (QED) is 0.349. The minimum Gasteiger partial charge on any atom is -0.358 e. The first-order chi connectivity index (χ1) is 0. The molecule has 0 aliphatic rings. The SMILES string of the molecule is [CH3-].[CH3-].[CH3-].[CH3-].[CH3-].[Fe+5]. The van der Waals surface area contributed by atoms with Crippen LogP contribution < -0.4 is 0 Å². The zero-order valence-electron chi connectivity index (χ0n) is 5.35. The van der Waals surface area contributed by atoms with Gasteiger partial charge in [0.1, 0.15) is 0 Å². The van der Waals surface area contributed by atoms with E-state index in [9.17, 15) is 0 Å². The van der Waals surface area contributed by atoms with E-state index in [2.05, 4.69) is 0 Å². The second kappa shape index (κ2) is 418. The molecule has 0 aromatic rings. The molecule has 0 rings (SSSR count). The normalized spacial score (nSPS) is 0. The van der Waals surface area contributed by atoms with Gasteiger partial charge < -0.3 is 37.1 Å². The summed E-state index contributed by atoms with van der Waals surface area (Å²) in [6, 6.07) is 0. The third-order valence-corrected chi connectivity index (χ3v) is 0. The molecule has 0 spiro atoms. The van der Waals surface area contributed by atoms with Gasteiger partial charge in [-0.2, -0.15) is 0 Å². The second-order valence-corrected chi connectivity index (χ2v) is 0. The van der Waals surface area contributed by atoms with E-state index < -0.39 is 0 Å². The van der Waals surface area contributed by atoms with Crippen molar-refractivity contribution < 1.29 is 17.1 Å². The molecule has 0 atom stereocenters. The van der Waals surface area contributed by atoms with Crippen molar-refractivity contribution in [2.75, 3.05) is 0 Å². The van der Waals surface area contributed by atoms with Crippen LogP contribution in [0.25, 0.3) is 0 Å². The first-order valence-electron chi connectivity index (χ1n) is 0. The van der Waals surface area contributed by atoms with E-state index in [-0.39, 0.29) is 54.2 Å². The maximum Gasteiger partial charge on any atom is 5.00 e. The second-order valence-electron chi connectivity index (χ2n) is 0. The predicted octanol–water partition coefficient (Wildman–Crippen LogP) is 2.25. The van der Waals surface area contributed by atoms with Gasteiger partial charge in [-0.1, -0.05) is 0 Å². The largest absolute Gasteiger partial charge is 5.00 e. The van der Waals surface area contributed by atoms with Crippen molar-refractivity contribution in [2.24, 2.45) is 0 Å². The Hall–Kier alpha value is 0.519. The summed E-state index contributed by atoms with van der Waals surface area (Å²) in [7, 11) is 0. The van der Waals surface area contributed by atoms with Gasteiger partial charge in [-0.3, -0.25) is 0 Å². The van der Waals surface area contributed by atoms with Crippen LogP contribution in [-0.4, -0.2) is 0 Å². The number of hydrogen-bond acceptors (Lipinski definition) is 0. The molecule has 0 amide bonds. The van der Waals surface area contributed by atoms with Crippen LogP contribution in [0, 0.1) is 37.1 Å². The fourth-order valence-electron chi connectivity index (χ4n) is 0. The third-order valence-electron chi connectivity index (χ3n) is 0. The summed E-state index contributed by atoms with van der Waals surface area (Å²) in [5, 5.41) is 0. The van der Waals surface area contributed by atoms with Crippen LogP contribution >= 0.6 is 0 Å². The monoisotopic (exact) mass is 131 g/mol. The standard InChI is InChI=1S/5CH3.Fe/h5*1H3;/q5*-1;+5. The maximum absolute atomic E-state index is 0. The van der Waals surface area contributed by atoms with E-state index >= 15 is 0 Å². The van der Waals surface area contributed by atoms with Crippen molar-refractivity contribution in [3.63, 3.8) is 0 Å². The first-order valence-corrected chi connectivity index (χ1v) is 0. The third kappa shape index (κ3) is 207. The molecule has 0 unspecified atom stereocenters. The Kier molecular flexibility index (Phi) is 51200. The molecule has 0 saturated heterocycles. The fraction of sp³-hybridized carbons (Fsp3) is 0. The topological polar surface area (TPSA) is 0 Å². The van der Waals surface area contributed by atoms with Crippen molar-refractivity contribution in [3.05, 3.63) is 37.1 Å². The summed E-state index contributed by atoms with van der Waals surface area (Å²) < 4.78 is 0. The van der Waals surface area contributed by atoms with Gasteiger partial charge in [0, 0.05) is 0 Å². The predicted molar refractivity (Wildman–Crippen MR) is 32.1 cm³/mol. The Morgan fingerprint density at radius 1 is 0.333 bits per heavy atom. The molecule has 43 valence electrons. The Labute approximate surface area is 54.8 Å². The summed E-state index contributed by atoms with van der Waals surface area (Å²) in [4.78, 5) is 0. The minimum atomic E-state index is 0. The fourth-order valence-corrected chi connectivity index (χ4v) is 0. The smallest absolute Gasteiger partial charge is 0.358 e. The van der Waals surface area contributed by atoms with Gasteiger partial charge in [0.15, 0.2) is 0 Å². The Morgan fingerprint density at radius 2 is 0.333 bits per heavy atom. The molecule has 0 heterocycles. The molecule has 0 nitrogen and oxygen atoms in total. The Bertz CT molecular complexity index is 3.90. The Balaban J connectivity index is 0. The molecule has 1 heteroatoms. The molecule has 0 aliphatic carbocycles. The Morgan fingerprint density at radius 3 is 0.333 bits per heavy atom. The van der Waals surface area contributed by atoms with E-state index in [1.54, 1.807) is 0 Å². The average molecular weight is 131 g/mol. The summed E-state index contributed by atoms with van der Waals surface area (Å²) >= 11 is 0. The summed E-state index contributed by atoms with van der Waals surface area (Å²) in [5.41, 5.74) is 0. The van der Waals surface area contributed by atoms with Crippen molar-refractivity contribution >= 4 is 0 Å². The molecule has 0 aromatic carbocycles. The zero-order valence-corrected chi connectivity index (χ0v) is 6.46.